The van der Waals surface area contributed by atoms with Crippen LogP contribution in [0.25, 0.3) is 0 Å². The smallest absolute Gasteiger partial charge is 0.322 e. The van der Waals surface area contributed by atoms with Gasteiger partial charge in [0, 0.05) is 0 Å². The summed E-state index contributed by atoms with van der Waals surface area (Å²) in [5.74, 6) is 5.13. The van der Waals surface area contributed by atoms with E-state index in [9.17, 15) is 4.79 Å². The number of carbonyl (C=O) groups excluding carboxylic acids is 1. The first-order valence-corrected chi connectivity index (χ1v) is 5.73. The fourth-order valence-corrected chi connectivity index (χ4v) is 1.50. The van der Waals surface area contributed by atoms with Crippen molar-refractivity contribution >= 4 is 23.7 Å². The lowest BCUT2D eigenvalue weighted by atomic mass is 10.8. The Morgan fingerprint density at radius 1 is 1.47 bits per heavy atom. The highest BCUT2D eigenvalue weighted by atomic mass is 32.2. The number of carbonyl (C=O) groups is 1. The van der Waals surface area contributed by atoms with E-state index in [-0.39, 0.29) is 23.7 Å². The van der Waals surface area contributed by atoms with Gasteiger partial charge in [-0.1, -0.05) is 11.8 Å². The number of nitrogens with one attached hydrogen (secondary N) is 1. The molecule has 3 N–H and O–H groups in total. The third-order valence-corrected chi connectivity index (χ3v) is 2.36. The fraction of sp³-hybridized carbons (Fsp3) is 0.500. The second-order valence-corrected chi connectivity index (χ2v) is 3.61. The van der Waals surface area contributed by atoms with Crippen molar-refractivity contribution in [1.29, 1.82) is 0 Å². The summed E-state index contributed by atoms with van der Waals surface area (Å²) in [6.45, 7) is 2.23. The number of methoxy groups -OCH3 is 1. The molecule has 0 spiro atoms. The van der Waals surface area contributed by atoms with E-state index in [4.69, 9.17) is 10.6 Å². The molecule has 0 saturated carbocycles. The molecule has 0 saturated heterocycles. The van der Waals surface area contributed by atoms with E-state index in [1.807, 2.05) is 0 Å². The Bertz CT molecular complexity index is 389. The zero-order chi connectivity index (χ0) is 12.7. The van der Waals surface area contributed by atoms with Gasteiger partial charge < -0.3 is 9.47 Å². The van der Waals surface area contributed by atoms with Gasteiger partial charge in [0.05, 0.1) is 19.5 Å². The second kappa shape index (κ2) is 6.86. The summed E-state index contributed by atoms with van der Waals surface area (Å²) in [5.41, 5.74) is 2.30. The number of nitrogens with zero attached hydrogens (tertiary/aromatic N) is 3. The summed E-state index contributed by atoms with van der Waals surface area (Å²) in [7, 11) is 1.31. The van der Waals surface area contributed by atoms with Crippen LogP contribution in [0.5, 0.6) is 6.01 Å². The van der Waals surface area contributed by atoms with E-state index in [2.05, 4.69) is 25.1 Å². The molecule has 0 radical (unpaired) electrons. The Kier molecular flexibility index (Phi) is 5.43. The Labute approximate surface area is 102 Å². The summed E-state index contributed by atoms with van der Waals surface area (Å²) in [6, 6.07) is 0.155. The molecule has 0 aliphatic carbocycles. The van der Waals surface area contributed by atoms with Gasteiger partial charge in [-0.15, -0.1) is 0 Å². The van der Waals surface area contributed by atoms with Crippen molar-refractivity contribution in [2.45, 2.75) is 12.1 Å². The minimum absolute atomic E-state index is 0.107. The van der Waals surface area contributed by atoms with Crippen molar-refractivity contribution in [3.8, 4) is 6.01 Å². The molecule has 9 heteroatoms. The van der Waals surface area contributed by atoms with Gasteiger partial charge in [-0.3, -0.25) is 10.2 Å². The van der Waals surface area contributed by atoms with Crippen LogP contribution in [0.1, 0.15) is 6.92 Å². The fourth-order valence-electron chi connectivity index (χ4n) is 0.843. The molecule has 1 aromatic rings. The van der Waals surface area contributed by atoms with Crippen LogP contribution in [-0.4, -0.2) is 40.4 Å². The van der Waals surface area contributed by atoms with Crippen LogP contribution < -0.4 is 16.0 Å². The lowest BCUT2D eigenvalue weighted by Crippen LogP contribution is -2.13. The molecule has 0 fully saturated rings. The summed E-state index contributed by atoms with van der Waals surface area (Å²) in [4.78, 5) is 22.8. The summed E-state index contributed by atoms with van der Waals surface area (Å²) >= 11 is 1.11. The SMILES string of the molecule is CCOc1nc(NN)nc(SCC(=O)OC)n1. The molecule has 0 aliphatic rings. The number of esters is 1. The highest BCUT2D eigenvalue weighted by Crippen LogP contribution is 2.17. The van der Waals surface area contributed by atoms with Crippen LogP contribution in [0.2, 0.25) is 0 Å². The van der Waals surface area contributed by atoms with Gasteiger partial charge in [0.25, 0.3) is 0 Å². The molecule has 1 heterocycles. The maximum atomic E-state index is 11.0. The predicted octanol–water partition coefficient (Wildman–Crippen LogP) is -0.179. The van der Waals surface area contributed by atoms with Crippen LogP contribution in [0.3, 0.4) is 0 Å². The largest absolute Gasteiger partial charge is 0.468 e. The first-order valence-electron chi connectivity index (χ1n) is 4.74. The van der Waals surface area contributed by atoms with E-state index in [0.29, 0.717) is 11.8 Å². The van der Waals surface area contributed by atoms with Crippen LogP contribution in [0.15, 0.2) is 5.16 Å². The van der Waals surface area contributed by atoms with Crippen LogP contribution in [0.4, 0.5) is 5.95 Å². The molecule has 17 heavy (non-hydrogen) atoms. The lowest BCUT2D eigenvalue weighted by Gasteiger charge is -2.05. The number of ether oxygens (including phenoxy) is 2. The highest BCUT2D eigenvalue weighted by Gasteiger charge is 2.09. The molecule has 8 nitrogen and oxygen atoms in total. The van der Waals surface area contributed by atoms with Gasteiger partial charge in [-0.2, -0.15) is 15.0 Å². The number of aromatic nitrogens is 3. The quantitative estimate of drug-likeness (QED) is 0.311. The van der Waals surface area contributed by atoms with Crippen molar-refractivity contribution < 1.29 is 14.3 Å². The average molecular weight is 259 g/mol. The topological polar surface area (TPSA) is 112 Å². The third-order valence-electron chi connectivity index (χ3n) is 1.54. The molecule has 0 amide bonds. The second-order valence-electron chi connectivity index (χ2n) is 2.67. The standard InChI is InChI=1S/C8H13N5O3S/c1-3-16-7-10-6(13-9)11-8(12-7)17-4-5(14)15-2/h3-4,9H2,1-2H3,(H,10,11,12,13). The zero-order valence-corrected chi connectivity index (χ0v) is 10.3. The van der Waals surface area contributed by atoms with Gasteiger partial charge in [-0.25, -0.2) is 5.84 Å². The maximum absolute atomic E-state index is 11.0. The van der Waals surface area contributed by atoms with Crippen LogP contribution in [-0.2, 0) is 9.53 Å². The Hall–Kier alpha value is -1.61. The number of thioether (sulfide) groups is 1. The molecule has 0 aliphatic heterocycles. The molecular formula is C8H13N5O3S. The molecule has 0 unspecified atom stereocenters. The molecule has 1 rings (SSSR count). The molecule has 0 aromatic carbocycles. The van der Waals surface area contributed by atoms with E-state index in [1.165, 1.54) is 7.11 Å². The Balaban J connectivity index is 2.75. The first kappa shape index (κ1) is 13.5. The molecule has 0 atom stereocenters. The van der Waals surface area contributed by atoms with Gasteiger partial charge >= 0.3 is 12.0 Å². The van der Waals surface area contributed by atoms with E-state index >= 15 is 0 Å². The number of nitrogen functional groups attached to an aromatic ring is 1. The molecule has 1 aromatic heterocycles. The van der Waals surface area contributed by atoms with E-state index in [1.54, 1.807) is 6.92 Å². The van der Waals surface area contributed by atoms with Crippen molar-refractivity contribution in [1.82, 2.24) is 15.0 Å². The van der Waals surface area contributed by atoms with Gasteiger partial charge in [-0.05, 0) is 6.92 Å². The van der Waals surface area contributed by atoms with Crippen LogP contribution in [0, 0.1) is 0 Å². The normalized spacial score (nSPS) is 9.82. The number of hydrogen-bond acceptors (Lipinski definition) is 9. The lowest BCUT2D eigenvalue weighted by molar-refractivity contribution is -0.137. The van der Waals surface area contributed by atoms with Crippen molar-refractivity contribution in [2.24, 2.45) is 5.84 Å². The summed E-state index contributed by atoms with van der Waals surface area (Å²) in [5, 5.41) is 0.335. The first-order chi connectivity index (χ1) is 8.19. The number of hydrazine groups is 1. The number of hydrogen-bond donors (Lipinski definition) is 2. The van der Waals surface area contributed by atoms with E-state index < -0.39 is 0 Å². The van der Waals surface area contributed by atoms with Crippen molar-refractivity contribution in [3.05, 3.63) is 0 Å². The molecule has 94 valence electrons. The van der Waals surface area contributed by atoms with Gasteiger partial charge in [0.2, 0.25) is 5.95 Å². The predicted molar refractivity (Wildman–Crippen MR) is 61.5 cm³/mol. The number of nitrogens with two attached hydrogens (primary N) is 1. The molecular weight excluding hydrogens is 246 g/mol. The molecule has 0 bridgehead atoms. The summed E-state index contributed by atoms with van der Waals surface area (Å²) in [6.07, 6.45) is 0. The monoisotopic (exact) mass is 259 g/mol. The zero-order valence-electron chi connectivity index (χ0n) is 9.47. The maximum Gasteiger partial charge on any atom is 0.322 e. The van der Waals surface area contributed by atoms with Crippen molar-refractivity contribution in [2.75, 3.05) is 24.9 Å². The van der Waals surface area contributed by atoms with E-state index in [0.717, 1.165) is 11.8 Å². The number of rotatable bonds is 6. The highest BCUT2D eigenvalue weighted by molar-refractivity contribution is 7.99. The average Bonchev–Trinajstić information content (AvgIpc) is 2.36. The Morgan fingerprint density at radius 3 is 2.82 bits per heavy atom. The van der Waals surface area contributed by atoms with Crippen LogP contribution >= 0.6 is 11.8 Å². The Morgan fingerprint density at radius 2 is 2.24 bits per heavy atom. The van der Waals surface area contributed by atoms with Gasteiger partial charge in [0.1, 0.15) is 0 Å². The third kappa shape index (κ3) is 4.41. The number of anilines is 1. The minimum atomic E-state index is -0.365. The summed E-state index contributed by atoms with van der Waals surface area (Å²) < 4.78 is 9.64. The minimum Gasteiger partial charge on any atom is -0.468 e. The van der Waals surface area contributed by atoms with Gasteiger partial charge in [0.15, 0.2) is 5.16 Å². The van der Waals surface area contributed by atoms with Crippen molar-refractivity contribution in [3.63, 3.8) is 0 Å².